The monoisotopic (exact) mass is 229 g/mol. The standard InChI is InChI=1S/C12H23NO3/c1-9-7-11(8-10(2)16-9)13(3)6-4-5-12(14)15/h9-11H,4-8H2,1-3H3,(H,14,15). The minimum Gasteiger partial charge on any atom is -0.481 e. The first-order valence-electron chi connectivity index (χ1n) is 6.06. The molecule has 1 rings (SSSR count). The molecule has 1 N–H and O–H groups in total. The van der Waals surface area contributed by atoms with Crippen molar-refractivity contribution < 1.29 is 14.6 Å². The molecule has 0 spiro atoms. The summed E-state index contributed by atoms with van der Waals surface area (Å²) in [6, 6.07) is 0.535. The smallest absolute Gasteiger partial charge is 0.303 e. The lowest BCUT2D eigenvalue weighted by Gasteiger charge is -2.37. The molecule has 1 fully saturated rings. The van der Waals surface area contributed by atoms with E-state index in [-0.39, 0.29) is 6.42 Å². The van der Waals surface area contributed by atoms with Crippen LogP contribution in [0.25, 0.3) is 0 Å². The first-order chi connectivity index (χ1) is 7.49. The van der Waals surface area contributed by atoms with Crippen LogP contribution in [0.2, 0.25) is 0 Å². The molecule has 0 aliphatic carbocycles. The van der Waals surface area contributed by atoms with E-state index in [1.807, 2.05) is 0 Å². The molecule has 0 aromatic carbocycles. The van der Waals surface area contributed by atoms with Crippen molar-refractivity contribution in [1.29, 1.82) is 0 Å². The minimum absolute atomic E-state index is 0.263. The van der Waals surface area contributed by atoms with Crippen molar-refractivity contribution in [2.24, 2.45) is 0 Å². The van der Waals surface area contributed by atoms with Gasteiger partial charge in [-0.25, -0.2) is 0 Å². The largest absolute Gasteiger partial charge is 0.481 e. The first kappa shape index (κ1) is 13.5. The molecule has 2 atom stereocenters. The van der Waals surface area contributed by atoms with Crippen LogP contribution in [0.5, 0.6) is 0 Å². The lowest BCUT2D eigenvalue weighted by molar-refractivity contribution is -0.137. The number of carboxylic acids is 1. The molecule has 0 aromatic rings. The van der Waals surface area contributed by atoms with E-state index in [2.05, 4.69) is 25.8 Å². The van der Waals surface area contributed by atoms with Crippen molar-refractivity contribution in [3.05, 3.63) is 0 Å². The summed E-state index contributed by atoms with van der Waals surface area (Å²) in [7, 11) is 2.08. The van der Waals surface area contributed by atoms with Crippen LogP contribution < -0.4 is 0 Å². The SMILES string of the molecule is CC1CC(N(C)CCCC(=O)O)CC(C)O1. The molecule has 0 saturated carbocycles. The van der Waals surface area contributed by atoms with E-state index in [1.165, 1.54) is 0 Å². The summed E-state index contributed by atoms with van der Waals surface area (Å²) in [4.78, 5) is 12.7. The molecular weight excluding hydrogens is 206 g/mol. The Labute approximate surface area is 97.6 Å². The molecule has 0 aromatic heterocycles. The zero-order valence-corrected chi connectivity index (χ0v) is 10.5. The van der Waals surface area contributed by atoms with E-state index in [0.717, 1.165) is 25.8 Å². The summed E-state index contributed by atoms with van der Waals surface area (Å²) in [5.74, 6) is -0.706. The summed E-state index contributed by atoms with van der Waals surface area (Å²) in [6.07, 6.45) is 3.72. The third kappa shape index (κ3) is 4.49. The number of ether oxygens (including phenoxy) is 1. The van der Waals surface area contributed by atoms with Crippen LogP contribution in [-0.4, -0.2) is 47.8 Å². The number of hydrogen-bond donors (Lipinski definition) is 1. The van der Waals surface area contributed by atoms with Gasteiger partial charge in [-0.05, 0) is 46.7 Å². The fourth-order valence-corrected chi connectivity index (χ4v) is 2.39. The molecule has 0 amide bonds. The van der Waals surface area contributed by atoms with Crippen molar-refractivity contribution in [2.45, 2.75) is 57.8 Å². The van der Waals surface area contributed by atoms with Gasteiger partial charge in [-0.2, -0.15) is 0 Å². The molecule has 1 aliphatic rings. The fourth-order valence-electron chi connectivity index (χ4n) is 2.39. The average molecular weight is 229 g/mol. The molecule has 0 radical (unpaired) electrons. The van der Waals surface area contributed by atoms with Crippen molar-refractivity contribution in [1.82, 2.24) is 4.90 Å². The van der Waals surface area contributed by atoms with Gasteiger partial charge in [-0.3, -0.25) is 4.79 Å². The van der Waals surface area contributed by atoms with Gasteiger partial charge in [0.1, 0.15) is 0 Å². The van der Waals surface area contributed by atoms with Crippen molar-refractivity contribution in [3.63, 3.8) is 0 Å². The molecule has 0 bridgehead atoms. The Morgan fingerprint density at radius 1 is 1.38 bits per heavy atom. The van der Waals surface area contributed by atoms with Gasteiger partial charge in [0, 0.05) is 12.5 Å². The third-order valence-corrected chi connectivity index (χ3v) is 3.20. The predicted octanol–water partition coefficient (Wildman–Crippen LogP) is 1.74. The van der Waals surface area contributed by atoms with E-state index >= 15 is 0 Å². The number of rotatable bonds is 5. The zero-order valence-electron chi connectivity index (χ0n) is 10.5. The van der Waals surface area contributed by atoms with E-state index in [1.54, 1.807) is 0 Å². The number of carboxylic acid groups (broad SMARTS) is 1. The second-order valence-electron chi connectivity index (χ2n) is 4.86. The van der Waals surface area contributed by atoms with Gasteiger partial charge in [0.15, 0.2) is 0 Å². The van der Waals surface area contributed by atoms with Gasteiger partial charge in [-0.1, -0.05) is 0 Å². The molecule has 4 nitrogen and oxygen atoms in total. The molecular formula is C12H23NO3. The Kier molecular flexibility index (Phi) is 5.22. The number of carbonyl (C=O) groups is 1. The lowest BCUT2D eigenvalue weighted by Crippen LogP contribution is -2.42. The number of nitrogens with zero attached hydrogens (tertiary/aromatic N) is 1. The normalized spacial score (nSPS) is 30.6. The van der Waals surface area contributed by atoms with Gasteiger partial charge < -0.3 is 14.7 Å². The summed E-state index contributed by atoms with van der Waals surface area (Å²) in [5.41, 5.74) is 0. The van der Waals surface area contributed by atoms with Crippen LogP contribution >= 0.6 is 0 Å². The Balaban J connectivity index is 2.29. The van der Waals surface area contributed by atoms with Crippen LogP contribution in [0, 0.1) is 0 Å². The Morgan fingerprint density at radius 3 is 2.44 bits per heavy atom. The fraction of sp³-hybridized carbons (Fsp3) is 0.917. The van der Waals surface area contributed by atoms with Crippen LogP contribution in [-0.2, 0) is 9.53 Å². The second-order valence-corrected chi connectivity index (χ2v) is 4.86. The highest BCUT2D eigenvalue weighted by Crippen LogP contribution is 2.22. The lowest BCUT2D eigenvalue weighted by atomic mass is 9.98. The summed E-state index contributed by atoms with van der Waals surface area (Å²) in [5, 5.41) is 8.58. The molecule has 1 aliphatic heterocycles. The van der Waals surface area contributed by atoms with Crippen molar-refractivity contribution >= 4 is 5.97 Å². The molecule has 4 heteroatoms. The quantitative estimate of drug-likeness (QED) is 0.780. The molecule has 2 unspecified atom stereocenters. The van der Waals surface area contributed by atoms with E-state index in [0.29, 0.717) is 18.2 Å². The molecule has 16 heavy (non-hydrogen) atoms. The van der Waals surface area contributed by atoms with Crippen LogP contribution in [0.1, 0.15) is 39.5 Å². The number of hydrogen-bond acceptors (Lipinski definition) is 3. The van der Waals surface area contributed by atoms with Crippen molar-refractivity contribution in [2.75, 3.05) is 13.6 Å². The maximum Gasteiger partial charge on any atom is 0.303 e. The maximum atomic E-state index is 10.4. The van der Waals surface area contributed by atoms with Gasteiger partial charge >= 0.3 is 5.97 Å². The summed E-state index contributed by atoms with van der Waals surface area (Å²) < 4.78 is 5.69. The number of aliphatic carboxylic acids is 1. The topological polar surface area (TPSA) is 49.8 Å². The molecule has 94 valence electrons. The van der Waals surface area contributed by atoms with Gasteiger partial charge in [0.25, 0.3) is 0 Å². The van der Waals surface area contributed by atoms with Crippen LogP contribution in [0.15, 0.2) is 0 Å². The van der Waals surface area contributed by atoms with E-state index in [4.69, 9.17) is 9.84 Å². The first-order valence-corrected chi connectivity index (χ1v) is 6.06. The van der Waals surface area contributed by atoms with E-state index in [9.17, 15) is 4.79 Å². The Hall–Kier alpha value is -0.610. The van der Waals surface area contributed by atoms with Crippen LogP contribution in [0.4, 0.5) is 0 Å². The van der Waals surface area contributed by atoms with Gasteiger partial charge in [0.2, 0.25) is 0 Å². The second kappa shape index (κ2) is 6.21. The van der Waals surface area contributed by atoms with Gasteiger partial charge in [0.05, 0.1) is 12.2 Å². The summed E-state index contributed by atoms with van der Waals surface area (Å²) >= 11 is 0. The van der Waals surface area contributed by atoms with Crippen LogP contribution in [0.3, 0.4) is 0 Å². The van der Waals surface area contributed by atoms with Crippen molar-refractivity contribution in [3.8, 4) is 0 Å². The average Bonchev–Trinajstić information content (AvgIpc) is 2.15. The highest BCUT2D eigenvalue weighted by atomic mass is 16.5. The zero-order chi connectivity index (χ0) is 12.1. The van der Waals surface area contributed by atoms with Gasteiger partial charge in [-0.15, -0.1) is 0 Å². The maximum absolute atomic E-state index is 10.4. The highest BCUT2D eigenvalue weighted by molar-refractivity contribution is 5.66. The van der Waals surface area contributed by atoms with E-state index < -0.39 is 5.97 Å². The summed E-state index contributed by atoms with van der Waals surface area (Å²) in [6.45, 7) is 5.07. The third-order valence-electron chi connectivity index (χ3n) is 3.20. The highest BCUT2D eigenvalue weighted by Gasteiger charge is 2.26. The Bertz CT molecular complexity index is 222. The molecule has 1 saturated heterocycles. The Morgan fingerprint density at radius 2 is 1.94 bits per heavy atom. The minimum atomic E-state index is -0.706. The molecule has 1 heterocycles. The predicted molar refractivity (Wildman–Crippen MR) is 62.5 cm³/mol.